The normalized spacial score (nSPS) is 14.0. The first kappa shape index (κ1) is 4.98. The second-order valence-corrected chi connectivity index (χ2v) is 1.22. The summed E-state index contributed by atoms with van der Waals surface area (Å²) in [6.07, 6.45) is 0.559. The molecule has 0 heterocycles. The monoisotopic (exact) mass is 91.0 g/mol. The van der Waals surface area contributed by atoms with Gasteiger partial charge in [0.15, 0.2) is 0 Å². The van der Waals surface area contributed by atoms with Crippen molar-refractivity contribution in [1.29, 1.82) is 0 Å². The Balaban J connectivity index is 2.83. The largest absolute Gasteiger partial charge is 0.314 e. The average molecular weight is 91.1 g/mol. The maximum Gasteiger partial charge on any atom is 0.146 e. The summed E-state index contributed by atoms with van der Waals surface area (Å²) in [5.41, 5.74) is 4.79. The Morgan fingerprint density at radius 2 is 2.20 bits per heavy atom. The topological polar surface area (TPSA) is 43.1 Å². The van der Waals surface area contributed by atoms with Gasteiger partial charge in [-0.1, -0.05) is 0 Å². The molecule has 0 unspecified atom stereocenters. The molecule has 2 N–H and O–H groups in total. The third-order valence-corrected chi connectivity index (χ3v) is 0.261. The average Bonchev–Trinajstić information content (AvgIpc) is 1.38. The van der Waals surface area contributed by atoms with Crippen molar-refractivity contribution in [3.05, 3.63) is 0 Å². The van der Waals surface area contributed by atoms with Crippen molar-refractivity contribution in [3.8, 4) is 0 Å². The minimum atomic E-state index is -0.602. The van der Waals surface area contributed by atoms with E-state index in [1.165, 1.54) is 0 Å². The SMILES string of the molecule is N[C@@H](S)C=O. The van der Waals surface area contributed by atoms with Crippen molar-refractivity contribution in [3.63, 3.8) is 0 Å². The summed E-state index contributed by atoms with van der Waals surface area (Å²) < 4.78 is 0. The first-order chi connectivity index (χ1) is 2.27. The highest BCUT2D eigenvalue weighted by Gasteiger charge is 1.80. The molecule has 0 spiro atoms. The fraction of sp³-hybridized carbons (Fsp3) is 0.500. The van der Waals surface area contributed by atoms with Crippen LogP contribution in [0.1, 0.15) is 0 Å². The molecule has 0 saturated heterocycles. The van der Waals surface area contributed by atoms with Gasteiger partial charge in [-0.25, -0.2) is 0 Å². The summed E-state index contributed by atoms with van der Waals surface area (Å²) in [5, 5.41) is -0.602. The van der Waals surface area contributed by atoms with Gasteiger partial charge in [0.2, 0.25) is 0 Å². The lowest BCUT2D eigenvalue weighted by Gasteiger charge is -1.80. The summed E-state index contributed by atoms with van der Waals surface area (Å²) in [5.74, 6) is 0. The van der Waals surface area contributed by atoms with Gasteiger partial charge < -0.3 is 10.5 Å². The van der Waals surface area contributed by atoms with Gasteiger partial charge in [-0.3, -0.25) is 0 Å². The number of carbonyl (C=O) groups excluding carboxylic acids is 1. The molecule has 0 aliphatic rings. The van der Waals surface area contributed by atoms with Crippen molar-refractivity contribution in [2.45, 2.75) is 5.37 Å². The van der Waals surface area contributed by atoms with Crippen LogP contribution in [0.25, 0.3) is 0 Å². The fourth-order valence-corrected chi connectivity index (χ4v) is 0. The summed E-state index contributed by atoms with van der Waals surface area (Å²) in [6, 6.07) is 0. The highest BCUT2D eigenvalue weighted by atomic mass is 32.1. The van der Waals surface area contributed by atoms with Crippen LogP contribution in [0.15, 0.2) is 0 Å². The van der Waals surface area contributed by atoms with E-state index < -0.39 is 5.37 Å². The first-order valence-corrected chi connectivity index (χ1v) is 1.68. The molecule has 0 aliphatic carbocycles. The lowest BCUT2D eigenvalue weighted by atomic mass is 10.8. The van der Waals surface area contributed by atoms with Crippen LogP contribution in [0.4, 0.5) is 0 Å². The van der Waals surface area contributed by atoms with Crippen molar-refractivity contribution >= 4 is 18.9 Å². The van der Waals surface area contributed by atoms with Gasteiger partial charge in [0, 0.05) is 0 Å². The van der Waals surface area contributed by atoms with E-state index in [0.29, 0.717) is 6.29 Å². The lowest BCUT2D eigenvalue weighted by Crippen LogP contribution is -2.11. The molecule has 0 aromatic rings. The predicted molar refractivity (Wildman–Crippen MR) is 23.0 cm³/mol. The Kier molecular flexibility index (Phi) is 2.22. The van der Waals surface area contributed by atoms with Crippen molar-refractivity contribution in [2.75, 3.05) is 0 Å². The van der Waals surface area contributed by atoms with E-state index in [2.05, 4.69) is 12.6 Å². The third kappa shape index (κ3) is 3.98. The number of hydrogen-bond acceptors (Lipinski definition) is 3. The molecular formula is C2H5NOS. The number of carbonyl (C=O) groups is 1. The van der Waals surface area contributed by atoms with E-state index in [-0.39, 0.29) is 0 Å². The van der Waals surface area contributed by atoms with Gasteiger partial charge in [-0.05, 0) is 0 Å². The Morgan fingerprint density at radius 3 is 2.20 bits per heavy atom. The second-order valence-electron chi connectivity index (χ2n) is 0.627. The Hall–Kier alpha value is -0.0200. The van der Waals surface area contributed by atoms with Crippen LogP contribution >= 0.6 is 12.6 Å². The fourth-order valence-electron chi connectivity index (χ4n) is 0. The van der Waals surface area contributed by atoms with Crippen LogP contribution < -0.4 is 5.73 Å². The molecule has 0 aromatic carbocycles. The molecule has 3 heteroatoms. The Labute approximate surface area is 35.8 Å². The zero-order valence-electron chi connectivity index (χ0n) is 2.59. The molecule has 5 heavy (non-hydrogen) atoms. The lowest BCUT2D eigenvalue weighted by molar-refractivity contribution is -0.107. The van der Waals surface area contributed by atoms with Gasteiger partial charge in [0.05, 0.1) is 0 Å². The smallest absolute Gasteiger partial charge is 0.146 e. The maximum absolute atomic E-state index is 9.30. The molecule has 0 bridgehead atoms. The maximum atomic E-state index is 9.30. The van der Waals surface area contributed by atoms with Gasteiger partial charge in [0.1, 0.15) is 11.7 Å². The zero-order valence-corrected chi connectivity index (χ0v) is 3.48. The van der Waals surface area contributed by atoms with Crippen molar-refractivity contribution in [2.24, 2.45) is 5.73 Å². The quantitative estimate of drug-likeness (QED) is 0.257. The molecule has 1 atom stereocenters. The Morgan fingerprint density at radius 1 is 2.00 bits per heavy atom. The highest BCUT2D eigenvalue weighted by Crippen LogP contribution is 1.70. The van der Waals surface area contributed by atoms with Crippen LogP contribution in [0.3, 0.4) is 0 Å². The summed E-state index contributed by atoms with van der Waals surface area (Å²) in [6.45, 7) is 0. The van der Waals surface area contributed by atoms with E-state index in [1.54, 1.807) is 0 Å². The van der Waals surface area contributed by atoms with E-state index in [4.69, 9.17) is 5.73 Å². The highest BCUT2D eigenvalue weighted by molar-refractivity contribution is 7.81. The molecule has 2 nitrogen and oxygen atoms in total. The summed E-state index contributed by atoms with van der Waals surface area (Å²) in [7, 11) is 0. The number of hydrogen-bond donors (Lipinski definition) is 2. The number of rotatable bonds is 1. The molecule has 0 amide bonds. The molecular weight excluding hydrogens is 86.1 g/mol. The molecule has 30 valence electrons. The van der Waals surface area contributed by atoms with Gasteiger partial charge in [-0.2, -0.15) is 12.6 Å². The minimum absolute atomic E-state index is 0.559. The number of thiol groups is 1. The molecule has 0 saturated carbocycles. The van der Waals surface area contributed by atoms with Crippen LogP contribution in [-0.4, -0.2) is 11.7 Å². The minimum Gasteiger partial charge on any atom is -0.314 e. The van der Waals surface area contributed by atoms with E-state index in [9.17, 15) is 4.79 Å². The van der Waals surface area contributed by atoms with E-state index in [1.807, 2.05) is 0 Å². The van der Waals surface area contributed by atoms with Crippen molar-refractivity contribution < 1.29 is 4.79 Å². The number of nitrogens with two attached hydrogens (primary N) is 1. The summed E-state index contributed by atoms with van der Waals surface area (Å²) in [4.78, 5) is 9.30. The van der Waals surface area contributed by atoms with Gasteiger partial charge >= 0.3 is 0 Å². The summed E-state index contributed by atoms with van der Waals surface area (Å²) >= 11 is 3.51. The molecule has 0 aliphatic heterocycles. The van der Waals surface area contributed by atoms with Gasteiger partial charge in [0.25, 0.3) is 0 Å². The van der Waals surface area contributed by atoms with Crippen LogP contribution in [0.2, 0.25) is 0 Å². The van der Waals surface area contributed by atoms with Crippen LogP contribution in [0.5, 0.6) is 0 Å². The van der Waals surface area contributed by atoms with Crippen LogP contribution in [0, 0.1) is 0 Å². The third-order valence-electron chi connectivity index (χ3n) is 0.139. The second kappa shape index (κ2) is 2.23. The molecule has 0 rings (SSSR count). The zero-order chi connectivity index (χ0) is 4.28. The van der Waals surface area contributed by atoms with E-state index >= 15 is 0 Å². The standard InChI is InChI=1S/C2H5NOS/c3-2(5)1-4/h1-2,5H,3H2/t2-/m0/s1. The molecule has 0 radical (unpaired) electrons. The number of aldehydes is 1. The van der Waals surface area contributed by atoms with Crippen molar-refractivity contribution in [1.82, 2.24) is 0 Å². The van der Waals surface area contributed by atoms with Crippen LogP contribution in [-0.2, 0) is 4.79 Å². The first-order valence-electron chi connectivity index (χ1n) is 1.16. The van der Waals surface area contributed by atoms with E-state index in [0.717, 1.165) is 0 Å². The molecule has 0 aromatic heterocycles. The van der Waals surface area contributed by atoms with Gasteiger partial charge in [-0.15, -0.1) is 0 Å². The molecule has 0 fully saturated rings. The predicted octanol–water partition coefficient (Wildman–Crippen LogP) is -0.600. The Bertz CT molecular complexity index is 36.6.